The Labute approximate surface area is 107 Å². The molecule has 1 aliphatic rings. The van der Waals surface area contributed by atoms with E-state index in [1.807, 2.05) is 6.07 Å². The third kappa shape index (κ3) is 3.23. The molecule has 1 heterocycles. The van der Waals surface area contributed by atoms with Crippen LogP contribution in [0.2, 0.25) is 0 Å². The Morgan fingerprint density at radius 3 is 3.06 bits per heavy atom. The molecular weight excluding hydrogens is 230 g/mol. The maximum atomic E-state index is 12.0. The molecule has 0 spiro atoms. The van der Waals surface area contributed by atoms with Crippen molar-refractivity contribution in [1.82, 2.24) is 0 Å². The average molecular weight is 249 g/mol. The number of nitrogens with zero attached hydrogens (tertiary/aromatic N) is 1. The van der Waals surface area contributed by atoms with Crippen LogP contribution in [0.4, 0.5) is 5.69 Å². The number of phenols is 1. The number of benzene rings is 1. The lowest BCUT2D eigenvalue weighted by atomic mass is 10.1. The number of carbonyl (C=O) groups excluding carboxylic acids is 1. The second-order valence-corrected chi connectivity index (χ2v) is 4.65. The van der Waals surface area contributed by atoms with E-state index in [0.29, 0.717) is 12.1 Å². The van der Waals surface area contributed by atoms with Gasteiger partial charge in [0.05, 0.1) is 6.10 Å². The highest BCUT2D eigenvalue weighted by Crippen LogP contribution is 2.21. The smallest absolute Gasteiger partial charge is 0.226 e. The molecule has 1 fully saturated rings. The van der Waals surface area contributed by atoms with Gasteiger partial charge in [0.2, 0.25) is 5.91 Å². The SMILES string of the molecule is CN(C(=O)CCC1CCCO1)c1cccc(O)c1. The minimum absolute atomic E-state index is 0.0519. The molecule has 98 valence electrons. The minimum Gasteiger partial charge on any atom is -0.508 e. The van der Waals surface area contributed by atoms with E-state index in [0.717, 1.165) is 25.9 Å². The summed E-state index contributed by atoms with van der Waals surface area (Å²) >= 11 is 0. The lowest BCUT2D eigenvalue weighted by Crippen LogP contribution is -2.26. The van der Waals surface area contributed by atoms with Crippen molar-refractivity contribution in [3.63, 3.8) is 0 Å². The molecule has 1 N–H and O–H groups in total. The fourth-order valence-corrected chi connectivity index (χ4v) is 2.17. The molecule has 1 unspecified atom stereocenters. The van der Waals surface area contributed by atoms with Crippen LogP contribution in [-0.2, 0) is 9.53 Å². The molecule has 1 aromatic rings. The van der Waals surface area contributed by atoms with Gasteiger partial charge in [-0.05, 0) is 31.4 Å². The van der Waals surface area contributed by atoms with Gasteiger partial charge in [0.25, 0.3) is 0 Å². The van der Waals surface area contributed by atoms with Crippen LogP contribution >= 0.6 is 0 Å². The van der Waals surface area contributed by atoms with Crippen molar-refractivity contribution in [1.29, 1.82) is 0 Å². The van der Waals surface area contributed by atoms with Crippen molar-refractivity contribution in [3.8, 4) is 5.75 Å². The highest BCUT2D eigenvalue weighted by atomic mass is 16.5. The second-order valence-electron chi connectivity index (χ2n) is 4.65. The van der Waals surface area contributed by atoms with E-state index in [2.05, 4.69) is 0 Å². The first-order chi connectivity index (χ1) is 8.66. The van der Waals surface area contributed by atoms with Gasteiger partial charge in [0.15, 0.2) is 0 Å². The van der Waals surface area contributed by atoms with E-state index in [-0.39, 0.29) is 17.8 Å². The molecule has 2 rings (SSSR count). The molecule has 0 saturated carbocycles. The molecule has 18 heavy (non-hydrogen) atoms. The highest BCUT2D eigenvalue weighted by molar-refractivity contribution is 5.92. The third-order valence-electron chi connectivity index (χ3n) is 3.30. The zero-order valence-corrected chi connectivity index (χ0v) is 10.6. The molecule has 1 atom stereocenters. The van der Waals surface area contributed by atoms with Crippen LogP contribution < -0.4 is 4.90 Å². The van der Waals surface area contributed by atoms with Gasteiger partial charge in [-0.1, -0.05) is 6.07 Å². The van der Waals surface area contributed by atoms with Gasteiger partial charge in [0.1, 0.15) is 5.75 Å². The summed E-state index contributed by atoms with van der Waals surface area (Å²) in [6.45, 7) is 0.821. The summed E-state index contributed by atoms with van der Waals surface area (Å²) in [6.07, 6.45) is 3.66. The molecule has 0 aliphatic carbocycles. The average Bonchev–Trinajstić information content (AvgIpc) is 2.88. The predicted octanol–water partition coefficient (Wildman–Crippen LogP) is 2.31. The van der Waals surface area contributed by atoms with Gasteiger partial charge in [-0.25, -0.2) is 0 Å². The summed E-state index contributed by atoms with van der Waals surface area (Å²) < 4.78 is 5.50. The summed E-state index contributed by atoms with van der Waals surface area (Å²) in [5.41, 5.74) is 0.715. The fraction of sp³-hybridized carbons (Fsp3) is 0.500. The fourth-order valence-electron chi connectivity index (χ4n) is 2.17. The number of phenolic OH excluding ortho intramolecular Hbond substituents is 1. The van der Waals surface area contributed by atoms with E-state index >= 15 is 0 Å². The molecule has 1 aliphatic heterocycles. The number of anilines is 1. The monoisotopic (exact) mass is 249 g/mol. The number of hydrogen-bond donors (Lipinski definition) is 1. The van der Waals surface area contributed by atoms with Crippen molar-refractivity contribution < 1.29 is 14.6 Å². The molecule has 1 saturated heterocycles. The number of aromatic hydroxyl groups is 1. The van der Waals surface area contributed by atoms with Gasteiger partial charge in [-0.3, -0.25) is 4.79 Å². The second kappa shape index (κ2) is 5.87. The Bertz CT molecular complexity index is 413. The van der Waals surface area contributed by atoms with Crippen LogP contribution in [0.15, 0.2) is 24.3 Å². The molecule has 4 heteroatoms. The van der Waals surface area contributed by atoms with Crippen LogP contribution in [-0.4, -0.2) is 30.8 Å². The quantitative estimate of drug-likeness (QED) is 0.890. The van der Waals surface area contributed by atoms with Crippen molar-refractivity contribution in [3.05, 3.63) is 24.3 Å². The molecule has 0 aromatic heterocycles. The normalized spacial score (nSPS) is 18.8. The largest absolute Gasteiger partial charge is 0.508 e. The van der Waals surface area contributed by atoms with Gasteiger partial charge < -0.3 is 14.7 Å². The number of hydrogen-bond acceptors (Lipinski definition) is 3. The lowest BCUT2D eigenvalue weighted by Gasteiger charge is -2.18. The van der Waals surface area contributed by atoms with Crippen molar-refractivity contribution in [2.24, 2.45) is 0 Å². The first kappa shape index (κ1) is 12.9. The molecule has 1 aromatic carbocycles. The number of ether oxygens (including phenoxy) is 1. The maximum absolute atomic E-state index is 12.0. The minimum atomic E-state index is 0.0519. The van der Waals surface area contributed by atoms with Crippen LogP contribution in [0.1, 0.15) is 25.7 Å². The lowest BCUT2D eigenvalue weighted by molar-refractivity contribution is -0.118. The maximum Gasteiger partial charge on any atom is 0.226 e. The van der Waals surface area contributed by atoms with Crippen LogP contribution in [0.5, 0.6) is 5.75 Å². The topological polar surface area (TPSA) is 49.8 Å². The van der Waals surface area contributed by atoms with Crippen LogP contribution in [0, 0.1) is 0 Å². The first-order valence-electron chi connectivity index (χ1n) is 6.34. The van der Waals surface area contributed by atoms with Gasteiger partial charge >= 0.3 is 0 Å². The van der Waals surface area contributed by atoms with E-state index in [1.165, 1.54) is 0 Å². The molecule has 0 bridgehead atoms. The number of amides is 1. The van der Waals surface area contributed by atoms with E-state index in [1.54, 1.807) is 30.1 Å². The summed E-state index contributed by atoms with van der Waals surface area (Å²) in [6, 6.07) is 6.72. The Morgan fingerprint density at radius 1 is 1.56 bits per heavy atom. The summed E-state index contributed by atoms with van der Waals surface area (Å²) in [4.78, 5) is 13.6. The number of carbonyl (C=O) groups is 1. The highest BCUT2D eigenvalue weighted by Gasteiger charge is 2.18. The van der Waals surface area contributed by atoms with Crippen molar-refractivity contribution in [2.45, 2.75) is 31.8 Å². The Hall–Kier alpha value is -1.55. The van der Waals surface area contributed by atoms with Crippen molar-refractivity contribution >= 4 is 11.6 Å². The van der Waals surface area contributed by atoms with Crippen molar-refractivity contribution in [2.75, 3.05) is 18.6 Å². The van der Waals surface area contributed by atoms with Gasteiger partial charge in [-0.15, -0.1) is 0 Å². The van der Waals surface area contributed by atoms with E-state index in [9.17, 15) is 9.90 Å². The summed E-state index contributed by atoms with van der Waals surface area (Å²) in [5, 5.41) is 9.39. The van der Waals surface area contributed by atoms with Crippen LogP contribution in [0.25, 0.3) is 0 Å². The Morgan fingerprint density at radius 2 is 2.39 bits per heavy atom. The van der Waals surface area contributed by atoms with Crippen LogP contribution in [0.3, 0.4) is 0 Å². The predicted molar refractivity (Wildman–Crippen MR) is 69.7 cm³/mol. The van der Waals surface area contributed by atoms with E-state index < -0.39 is 0 Å². The zero-order chi connectivity index (χ0) is 13.0. The Kier molecular flexibility index (Phi) is 4.20. The summed E-state index contributed by atoms with van der Waals surface area (Å²) in [5.74, 6) is 0.224. The molecular formula is C14H19NO3. The number of rotatable bonds is 4. The summed E-state index contributed by atoms with van der Waals surface area (Å²) in [7, 11) is 1.73. The van der Waals surface area contributed by atoms with Gasteiger partial charge in [-0.2, -0.15) is 0 Å². The van der Waals surface area contributed by atoms with E-state index in [4.69, 9.17) is 4.74 Å². The first-order valence-corrected chi connectivity index (χ1v) is 6.34. The molecule has 4 nitrogen and oxygen atoms in total. The standard InChI is InChI=1S/C14H19NO3/c1-15(11-4-2-5-12(16)10-11)14(17)8-7-13-6-3-9-18-13/h2,4-5,10,13,16H,3,6-9H2,1H3. The third-order valence-corrected chi connectivity index (χ3v) is 3.30. The zero-order valence-electron chi connectivity index (χ0n) is 10.6. The Balaban J connectivity index is 1.87. The van der Waals surface area contributed by atoms with Gasteiger partial charge in [0, 0.05) is 31.8 Å². The molecule has 0 radical (unpaired) electrons. The molecule has 1 amide bonds.